The molecule has 5 nitrogen and oxygen atoms in total. The number of aromatic nitrogens is 2. The molecule has 0 spiro atoms. The molecule has 4 aliphatic carbocycles. The summed E-state index contributed by atoms with van der Waals surface area (Å²) in [6.07, 6.45) is 7.98. The fourth-order valence-electron chi connectivity index (χ4n) is 8.33. The maximum atomic E-state index is 16.4. The maximum Gasteiger partial charge on any atom is 0.250 e. The van der Waals surface area contributed by atoms with Crippen molar-refractivity contribution in [2.75, 3.05) is 0 Å². The van der Waals surface area contributed by atoms with Crippen molar-refractivity contribution in [2.24, 2.45) is 35.0 Å². The van der Waals surface area contributed by atoms with Crippen molar-refractivity contribution in [1.29, 1.82) is 5.26 Å². The van der Waals surface area contributed by atoms with Crippen molar-refractivity contribution in [3.63, 3.8) is 0 Å². The highest BCUT2D eigenvalue weighted by molar-refractivity contribution is 5.82. The van der Waals surface area contributed by atoms with Crippen molar-refractivity contribution in [2.45, 2.75) is 89.4 Å². The van der Waals surface area contributed by atoms with Crippen LogP contribution < -0.4 is 0 Å². The number of fused-ring (bicyclic) bond motifs is 5. The predicted molar refractivity (Wildman–Crippen MR) is 113 cm³/mol. The quantitative estimate of drug-likeness (QED) is 0.739. The van der Waals surface area contributed by atoms with Gasteiger partial charge >= 0.3 is 0 Å². The fraction of sp³-hybridized carbons (Fsp3) is 0.800. The number of rotatable bonds is 3. The fourth-order valence-corrected chi connectivity index (χ4v) is 8.33. The number of aliphatic hydroxyl groups is 1. The van der Waals surface area contributed by atoms with Gasteiger partial charge in [-0.25, -0.2) is 4.39 Å². The van der Waals surface area contributed by atoms with Gasteiger partial charge in [0.15, 0.2) is 5.78 Å². The predicted octanol–water partition coefficient (Wildman–Crippen LogP) is 4.57. The Morgan fingerprint density at radius 3 is 2.72 bits per heavy atom. The summed E-state index contributed by atoms with van der Waals surface area (Å²) in [5.41, 5.74) is -2.25. The number of nitrogens with zero attached hydrogens (tertiary/aromatic N) is 3. The van der Waals surface area contributed by atoms with E-state index < -0.39 is 17.2 Å². The van der Waals surface area contributed by atoms with Gasteiger partial charge in [-0.1, -0.05) is 6.92 Å². The van der Waals surface area contributed by atoms with Gasteiger partial charge < -0.3 is 5.11 Å². The minimum Gasteiger partial charge on any atom is -0.390 e. The average Bonchev–Trinajstić information content (AvgIpc) is 3.27. The van der Waals surface area contributed by atoms with Crippen LogP contribution in [-0.2, 0) is 11.3 Å². The largest absolute Gasteiger partial charge is 0.390 e. The highest BCUT2D eigenvalue weighted by Gasteiger charge is 2.63. The maximum absolute atomic E-state index is 16.4. The Balaban J connectivity index is 1.34. The van der Waals surface area contributed by atoms with E-state index in [-0.39, 0.29) is 41.1 Å². The molecule has 0 aromatic carbocycles. The second-order valence-electron chi connectivity index (χ2n) is 11.6. The highest BCUT2D eigenvalue weighted by Crippen LogP contribution is 2.66. The summed E-state index contributed by atoms with van der Waals surface area (Å²) in [7, 11) is 0. The number of nitriles is 1. The Morgan fingerprint density at radius 1 is 1.22 bits per heavy atom. The summed E-state index contributed by atoms with van der Waals surface area (Å²) < 4.78 is 31.4. The van der Waals surface area contributed by atoms with Gasteiger partial charge in [-0.3, -0.25) is 9.48 Å². The van der Waals surface area contributed by atoms with Crippen LogP contribution in [0.2, 0.25) is 0 Å². The zero-order valence-corrected chi connectivity index (χ0v) is 19.0. The Bertz CT molecular complexity index is 969. The van der Waals surface area contributed by atoms with E-state index in [1.54, 1.807) is 6.07 Å². The third-order valence-electron chi connectivity index (χ3n) is 9.86. The lowest BCUT2D eigenvalue weighted by Gasteiger charge is -2.59. The molecule has 1 aromatic rings. The van der Waals surface area contributed by atoms with Crippen LogP contribution in [0.1, 0.15) is 77.2 Å². The third kappa shape index (κ3) is 3.24. The van der Waals surface area contributed by atoms with Crippen LogP contribution in [0.3, 0.4) is 0 Å². The molecule has 0 unspecified atom stereocenters. The van der Waals surface area contributed by atoms with Gasteiger partial charge in [0.1, 0.15) is 17.3 Å². The molecule has 0 amide bonds. The molecule has 7 heteroatoms. The zero-order chi connectivity index (χ0) is 22.9. The second kappa shape index (κ2) is 7.35. The van der Waals surface area contributed by atoms with Gasteiger partial charge in [0.2, 0.25) is 5.95 Å². The minimum atomic E-state index is -1.19. The summed E-state index contributed by atoms with van der Waals surface area (Å²) in [4.78, 5) is 13.2. The van der Waals surface area contributed by atoms with Crippen molar-refractivity contribution >= 4 is 5.78 Å². The van der Waals surface area contributed by atoms with Gasteiger partial charge in [0, 0.05) is 12.1 Å². The number of hydrogen-bond donors (Lipinski definition) is 1. The first kappa shape index (κ1) is 22.0. The summed E-state index contributed by atoms with van der Waals surface area (Å²) in [5, 5.41) is 23.1. The lowest BCUT2D eigenvalue weighted by Crippen LogP contribution is -2.58. The molecular weight excluding hydrogens is 412 g/mol. The smallest absolute Gasteiger partial charge is 0.250 e. The second-order valence-corrected chi connectivity index (χ2v) is 11.6. The molecule has 0 aliphatic heterocycles. The van der Waals surface area contributed by atoms with Gasteiger partial charge in [-0.05, 0) is 93.8 Å². The van der Waals surface area contributed by atoms with Crippen molar-refractivity contribution in [3.05, 3.63) is 17.7 Å². The van der Waals surface area contributed by atoms with Gasteiger partial charge in [0.05, 0.1) is 12.1 Å². The van der Waals surface area contributed by atoms with Crippen molar-refractivity contribution in [1.82, 2.24) is 9.78 Å². The lowest BCUT2D eigenvalue weighted by atomic mass is 9.48. The first-order chi connectivity index (χ1) is 15.1. The molecule has 4 fully saturated rings. The molecule has 0 radical (unpaired) electrons. The van der Waals surface area contributed by atoms with Crippen molar-refractivity contribution in [3.8, 4) is 6.07 Å². The van der Waals surface area contributed by atoms with E-state index in [9.17, 15) is 14.3 Å². The van der Waals surface area contributed by atoms with E-state index in [2.05, 4.69) is 12.0 Å². The molecule has 4 aliphatic rings. The molecule has 8 atom stereocenters. The standard InChI is InChI=1S/C25H33F2N3O2/c1-23(32)9-10-25(27)16(11-23)3-4-17-18-5-6-20(24(18,2)8-7-19(17)25)21(31)14-30-13-15(12-28)22(26)29-30/h13,16-20,32H,3-11,14H2,1-2H3/t16-,17+,18+,19+,20-,23-,24+,25-/m1/s1. The van der Waals surface area contributed by atoms with E-state index in [1.165, 1.54) is 10.9 Å². The van der Waals surface area contributed by atoms with E-state index in [0.29, 0.717) is 31.1 Å². The van der Waals surface area contributed by atoms with Crippen LogP contribution in [0.4, 0.5) is 8.78 Å². The van der Waals surface area contributed by atoms with Crippen LogP contribution in [0, 0.1) is 52.3 Å². The summed E-state index contributed by atoms with van der Waals surface area (Å²) >= 11 is 0. The average molecular weight is 446 g/mol. The van der Waals surface area contributed by atoms with E-state index in [1.807, 2.05) is 6.92 Å². The van der Waals surface area contributed by atoms with Gasteiger partial charge in [-0.15, -0.1) is 5.10 Å². The Kier molecular flexibility index (Phi) is 5.05. The van der Waals surface area contributed by atoms with E-state index >= 15 is 4.39 Å². The van der Waals surface area contributed by atoms with Crippen LogP contribution in [-0.4, -0.2) is 31.9 Å². The molecule has 5 rings (SSSR count). The zero-order valence-electron chi connectivity index (χ0n) is 19.0. The Hall–Kier alpha value is -1.81. The Morgan fingerprint density at radius 2 is 2.00 bits per heavy atom. The molecule has 32 heavy (non-hydrogen) atoms. The SMILES string of the molecule is C[C@@]1(O)CC[C@@]2(F)[C@H](CC[C@H]3[C@@H]4CC[C@H](C(=O)Cn5cc(C#N)c(F)n5)[C@@]4(C)CC[C@@H]32)C1. The van der Waals surface area contributed by atoms with Crippen LogP contribution >= 0.6 is 0 Å². The lowest BCUT2D eigenvalue weighted by molar-refractivity contribution is -0.166. The molecule has 1 aromatic heterocycles. The molecule has 0 saturated heterocycles. The monoisotopic (exact) mass is 445 g/mol. The van der Waals surface area contributed by atoms with Crippen LogP contribution in [0.15, 0.2) is 6.20 Å². The molecule has 4 saturated carbocycles. The molecule has 174 valence electrons. The highest BCUT2D eigenvalue weighted by atomic mass is 19.1. The number of alkyl halides is 1. The van der Waals surface area contributed by atoms with E-state index in [4.69, 9.17) is 5.26 Å². The summed E-state index contributed by atoms with van der Waals surface area (Å²) in [5.74, 6) is -0.335. The number of carbonyl (C=O) groups is 1. The number of Topliss-reactive ketones (excluding diaryl/α,β-unsaturated/α-hetero) is 1. The molecule has 1 N–H and O–H groups in total. The molecule has 1 heterocycles. The number of halogens is 2. The van der Waals surface area contributed by atoms with E-state index in [0.717, 1.165) is 38.5 Å². The minimum absolute atomic E-state index is 0.0239. The van der Waals surface area contributed by atoms with Crippen LogP contribution in [0.25, 0.3) is 0 Å². The molecular formula is C25H33F2N3O2. The molecule has 0 bridgehead atoms. The van der Waals surface area contributed by atoms with Crippen LogP contribution in [0.5, 0.6) is 0 Å². The topological polar surface area (TPSA) is 78.9 Å². The Labute approximate surface area is 188 Å². The summed E-state index contributed by atoms with van der Waals surface area (Å²) in [6.45, 7) is 4.02. The number of hydrogen-bond acceptors (Lipinski definition) is 4. The number of ketones is 1. The first-order valence-electron chi connectivity index (χ1n) is 12.1. The first-order valence-corrected chi connectivity index (χ1v) is 12.1. The normalized spacial score (nSPS) is 45.4. The van der Waals surface area contributed by atoms with Gasteiger partial charge in [0.25, 0.3) is 0 Å². The third-order valence-corrected chi connectivity index (χ3v) is 9.86. The summed E-state index contributed by atoms with van der Waals surface area (Å²) in [6, 6.07) is 1.75. The number of carbonyl (C=O) groups excluding carboxylic acids is 1. The van der Waals surface area contributed by atoms with Crippen molar-refractivity contribution < 1.29 is 18.7 Å². The van der Waals surface area contributed by atoms with Gasteiger partial charge in [-0.2, -0.15) is 9.65 Å².